The van der Waals surface area contributed by atoms with Gasteiger partial charge >= 0.3 is 0 Å². The van der Waals surface area contributed by atoms with Crippen LogP contribution in [0.15, 0.2) is 67.4 Å². The van der Waals surface area contributed by atoms with Gasteiger partial charge in [0.05, 0.1) is 49.7 Å². The molecule has 1 fully saturated rings. The van der Waals surface area contributed by atoms with Crippen molar-refractivity contribution in [3.8, 4) is 22.4 Å². The van der Waals surface area contributed by atoms with Crippen LogP contribution in [0.5, 0.6) is 0 Å². The Morgan fingerprint density at radius 1 is 1.03 bits per heavy atom. The van der Waals surface area contributed by atoms with Crippen molar-refractivity contribution in [2.75, 3.05) is 24.6 Å². The Balaban J connectivity index is 1.14. The van der Waals surface area contributed by atoms with Crippen LogP contribution in [0.1, 0.15) is 24.4 Å². The van der Waals surface area contributed by atoms with Crippen LogP contribution >= 0.6 is 0 Å². The zero-order valence-corrected chi connectivity index (χ0v) is 19.3. The van der Waals surface area contributed by atoms with E-state index in [1.54, 1.807) is 23.0 Å². The summed E-state index contributed by atoms with van der Waals surface area (Å²) < 4.78 is 18.7. The van der Waals surface area contributed by atoms with E-state index < -0.39 is 6.10 Å². The summed E-state index contributed by atoms with van der Waals surface area (Å²) in [5, 5.41) is 22.9. The van der Waals surface area contributed by atoms with E-state index in [-0.39, 0.29) is 25.0 Å². The van der Waals surface area contributed by atoms with Crippen molar-refractivity contribution in [3.05, 3.63) is 78.8 Å². The van der Waals surface area contributed by atoms with Gasteiger partial charge in [0.25, 0.3) is 0 Å². The van der Waals surface area contributed by atoms with Crippen molar-refractivity contribution >= 4 is 5.69 Å². The highest BCUT2D eigenvalue weighted by Gasteiger charge is 2.37. The summed E-state index contributed by atoms with van der Waals surface area (Å²) in [5.41, 5.74) is 6.00. The normalized spacial score (nSPS) is 18.5. The third kappa shape index (κ3) is 3.92. The Morgan fingerprint density at radius 3 is 2.60 bits per heavy atom. The van der Waals surface area contributed by atoms with Gasteiger partial charge in [0.15, 0.2) is 0 Å². The molecule has 2 unspecified atom stereocenters. The Hall–Kier alpha value is -3.49. The van der Waals surface area contributed by atoms with Crippen LogP contribution in [0.25, 0.3) is 22.4 Å². The topological polar surface area (TPSA) is 79.3 Å². The highest BCUT2D eigenvalue weighted by molar-refractivity contribution is 5.69. The fraction of sp³-hybridized carbons (Fsp3) is 0.333. The molecule has 0 spiro atoms. The van der Waals surface area contributed by atoms with Crippen LogP contribution in [0.3, 0.4) is 0 Å². The number of aliphatic hydroxyl groups excluding tert-OH is 2. The fourth-order valence-corrected chi connectivity index (χ4v) is 5.62. The highest BCUT2D eigenvalue weighted by atomic mass is 19.1. The molecular formula is C27H28FN5O2. The standard InChI is InChI=1S/C27H28FN5O2/c28-24-3-1-2-23-25-13-29-17-33(25)27(26(23)24)19-8-10-31(11-9-19)21-6-4-18(5-7-21)20-12-30-32(14-20)15-22(35)16-34/h1-7,12-14,17,19,22,27,34-35H,8-11,15-16H2. The van der Waals surface area contributed by atoms with E-state index in [2.05, 4.69) is 43.8 Å². The van der Waals surface area contributed by atoms with Gasteiger partial charge in [-0.05, 0) is 42.5 Å². The predicted octanol–water partition coefficient (Wildman–Crippen LogP) is 3.73. The molecule has 2 aliphatic rings. The van der Waals surface area contributed by atoms with Gasteiger partial charge in [-0.3, -0.25) is 4.68 Å². The summed E-state index contributed by atoms with van der Waals surface area (Å²) in [6.45, 7) is 1.82. The van der Waals surface area contributed by atoms with Crippen LogP contribution in [-0.4, -0.2) is 55.3 Å². The molecule has 0 aliphatic carbocycles. The van der Waals surface area contributed by atoms with E-state index in [4.69, 9.17) is 5.11 Å². The minimum Gasteiger partial charge on any atom is -0.394 e. The average Bonchev–Trinajstić information content (AvgIpc) is 3.61. The average molecular weight is 474 g/mol. The molecule has 2 aliphatic heterocycles. The number of piperidine rings is 1. The zero-order chi connectivity index (χ0) is 23.9. The second kappa shape index (κ2) is 8.94. The number of hydrogen-bond acceptors (Lipinski definition) is 5. The van der Waals surface area contributed by atoms with Gasteiger partial charge in [-0.25, -0.2) is 9.37 Å². The number of aromatic nitrogens is 4. The molecule has 2 aromatic carbocycles. The first-order valence-corrected chi connectivity index (χ1v) is 12.1. The van der Waals surface area contributed by atoms with Crippen molar-refractivity contribution < 1.29 is 14.6 Å². The van der Waals surface area contributed by atoms with Crippen LogP contribution in [0.4, 0.5) is 10.1 Å². The molecule has 7 nitrogen and oxygen atoms in total. The Morgan fingerprint density at radius 2 is 1.83 bits per heavy atom. The van der Waals surface area contributed by atoms with E-state index in [9.17, 15) is 9.50 Å². The largest absolute Gasteiger partial charge is 0.394 e. The number of nitrogens with zero attached hydrogens (tertiary/aromatic N) is 5. The summed E-state index contributed by atoms with van der Waals surface area (Å²) in [5.74, 6) is 0.236. The summed E-state index contributed by atoms with van der Waals surface area (Å²) >= 11 is 0. The number of halogens is 1. The van der Waals surface area contributed by atoms with Gasteiger partial charge < -0.3 is 19.7 Å². The lowest BCUT2D eigenvalue weighted by Gasteiger charge is -2.37. The molecule has 6 rings (SSSR count). The number of imidazole rings is 1. The van der Waals surface area contributed by atoms with E-state index >= 15 is 0 Å². The molecule has 0 amide bonds. The molecule has 2 N–H and O–H groups in total. The summed E-state index contributed by atoms with van der Waals surface area (Å²) in [7, 11) is 0. The smallest absolute Gasteiger partial charge is 0.129 e. The van der Waals surface area contributed by atoms with Crippen molar-refractivity contribution in [2.24, 2.45) is 5.92 Å². The van der Waals surface area contributed by atoms with Gasteiger partial charge in [0, 0.05) is 41.7 Å². The minimum atomic E-state index is -0.817. The van der Waals surface area contributed by atoms with E-state index in [1.165, 1.54) is 5.69 Å². The molecule has 180 valence electrons. The SMILES string of the molecule is OCC(O)Cn1cc(-c2ccc(N3CCC(C4c5c(F)cccc5-c5cncn54)CC3)cc2)cn1. The summed E-state index contributed by atoms with van der Waals surface area (Å²) in [6.07, 6.45) is 8.48. The quantitative estimate of drug-likeness (QED) is 0.446. The Kier molecular flexibility index (Phi) is 5.62. The monoisotopic (exact) mass is 473 g/mol. The number of anilines is 1. The highest BCUT2D eigenvalue weighted by Crippen LogP contribution is 2.47. The molecule has 0 radical (unpaired) electrons. The summed E-state index contributed by atoms with van der Waals surface area (Å²) in [6, 6.07) is 13.8. The van der Waals surface area contributed by atoms with E-state index in [0.717, 1.165) is 53.9 Å². The Bertz CT molecular complexity index is 1320. The van der Waals surface area contributed by atoms with Crippen LogP contribution in [0, 0.1) is 11.7 Å². The van der Waals surface area contributed by atoms with E-state index in [0.29, 0.717) is 5.92 Å². The second-order valence-corrected chi connectivity index (χ2v) is 9.49. The molecule has 4 aromatic rings. The number of aliphatic hydroxyl groups is 2. The lowest BCUT2D eigenvalue weighted by Crippen LogP contribution is -2.36. The zero-order valence-electron chi connectivity index (χ0n) is 19.3. The van der Waals surface area contributed by atoms with E-state index in [1.807, 2.05) is 24.8 Å². The predicted molar refractivity (Wildman–Crippen MR) is 131 cm³/mol. The molecule has 35 heavy (non-hydrogen) atoms. The number of rotatable bonds is 6. The maximum absolute atomic E-state index is 14.9. The molecule has 2 aromatic heterocycles. The molecule has 2 atom stereocenters. The number of benzene rings is 2. The lowest BCUT2D eigenvalue weighted by molar-refractivity contribution is 0.0783. The molecule has 0 bridgehead atoms. The van der Waals surface area contributed by atoms with Crippen LogP contribution in [-0.2, 0) is 6.54 Å². The first-order valence-electron chi connectivity index (χ1n) is 12.1. The number of hydrogen-bond donors (Lipinski definition) is 2. The third-order valence-corrected chi connectivity index (χ3v) is 7.38. The van der Waals surface area contributed by atoms with Gasteiger partial charge in [-0.15, -0.1) is 0 Å². The minimum absolute atomic E-state index is 0.00844. The molecule has 0 saturated carbocycles. The van der Waals surface area contributed by atoms with Gasteiger partial charge in [-0.1, -0.05) is 24.3 Å². The van der Waals surface area contributed by atoms with Crippen molar-refractivity contribution in [1.82, 2.24) is 19.3 Å². The molecular weight excluding hydrogens is 445 g/mol. The number of fused-ring (bicyclic) bond motifs is 3. The first-order chi connectivity index (χ1) is 17.1. The second-order valence-electron chi connectivity index (χ2n) is 9.49. The van der Waals surface area contributed by atoms with Gasteiger partial charge in [0.1, 0.15) is 5.82 Å². The fourth-order valence-electron chi connectivity index (χ4n) is 5.62. The Labute approximate surface area is 203 Å². The van der Waals surface area contributed by atoms with Crippen molar-refractivity contribution in [3.63, 3.8) is 0 Å². The molecule has 8 heteroatoms. The van der Waals surface area contributed by atoms with Crippen molar-refractivity contribution in [1.29, 1.82) is 0 Å². The van der Waals surface area contributed by atoms with Gasteiger partial charge in [-0.2, -0.15) is 5.10 Å². The van der Waals surface area contributed by atoms with Crippen LogP contribution in [0.2, 0.25) is 0 Å². The molecule has 1 saturated heterocycles. The maximum atomic E-state index is 14.9. The first kappa shape index (κ1) is 22.0. The van der Waals surface area contributed by atoms with Crippen molar-refractivity contribution in [2.45, 2.75) is 31.5 Å². The van der Waals surface area contributed by atoms with Gasteiger partial charge in [0.2, 0.25) is 0 Å². The maximum Gasteiger partial charge on any atom is 0.129 e. The molecule has 4 heterocycles. The summed E-state index contributed by atoms with van der Waals surface area (Å²) in [4.78, 5) is 6.73. The van der Waals surface area contributed by atoms with Crippen LogP contribution < -0.4 is 4.90 Å². The lowest BCUT2D eigenvalue weighted by atomic mass is 9.85. The third-order valence-electron chi connectivity index (χ3n) is 7.38.